The molecule has 0 unspecified atom stereocenters. The van der Waals surface area contributed by atoms with Crippen molar-refractivity contribution in [1.82, 2.24) is 0 Å². The van der Waals surface area contributed by atoms with Crippen LogP contribution < -0.4 is 0 Å². The first-order valence-electron chi connectivity index (χ1n) is 7.74. The van der Waals surface area contributed by atoms with Crippen molar-refractivity contribution in [2.45, 2.75) is 65.1 Å². The zero-order chi connectivity index (χ0) is 15.1. The fourth-order valence-electron chi connectivity index (χ4n) is 2.97. The second-order valence-corrected chi connectivity index (χ2v) is 12.6. The van der Waals surface area contributed by atoms with E-state index in [2.05, 4.69) is 46.9 Å². The molecular weight excluding hydrogens is 264 g/mol. The van der Waals surface area contributed by atoms with Gasteiger partial charge in [-0.25, -0.2) is 0 Å². The van der Waals surface area contributed by atoms with Crippen LogP contribution in [-0.2, 0) is 9.22 Å². The highest BCUT2D eigenvalue weighted by atomic mass is 28.4. The molecule has 3 heteroatoms. The first-order chi connectivity index (χ1) is 9.12. The van der Waals surface area contributed by atoms with Gasteiger partial charge in [0.15, 0.2) is 5.78 Å². The molecule has 0 aliphatic heterocycles. The molecule has 0 aromatic heterocycles. The summed E-state index contributed by atoms with van der Waals surface area (Å²) in [6, 6.07) is 0. The van der Waals surface area contributed by atoms with E-state index in [9.17, 15) is 4.79 Å². The highest BCUT2D eigenvalue weighted by molar-refractivity contribution is 6.74. The molecule has 0 amide bonds. The van der Waals surface area contributed by atoms with Gasteiger partial charge in [-0.1, -0.05) is 32.8 Å². The molecule has 0 aromatic carbocycles. The van der Waals surface area contributed by atoms with Crippen LogP contribution in [0.5, 0.6) is 0 Å². The van der Waals surface area contributed by atoms with E-state index in [-0.39, 0.29) is 16.7 Å². The smallest absolute Gasteiger partial charge is 0.250 e. The summed E-state index contributed by atoms with van der Waals surface area (Å²) in [7, 11) is -1.88. The molecule has 0 heterocycles. The highest BCUT2D eigenvalue weighted by Gasteiger charge is 2.40. The fourth-order valence-corrected chi connectivity index (χ4v) is 3.99. The molecule has 20 heavy (non-hydrogen) atoms. The largest absolute Gasteiger partial charge is 0.543 e. The maximum Gasteiger partial charge on any atom is 0.250 e. The summed E-state index contributed by atoms with van der Waals surface area (Å²) in [6.07, 6.45) is 7.26. The second-order valence-electron chi connectivity index (χ2n) is 7.84. The minimum atomic E-state index is -1.88. The number of allylic oxidation sites excluding steroid dienone is 3. The lowest BCUT2D eigenvalue weighted by atomic mass is 9.88. The van der Waals surface area contributed by atoms with Crippen LogP contribution in [0.2, 0.25) is 18.1 Å². The van der Waals surface area contributed by atoms with Crippen molar-refractivity contribution in [1.29, 1.82) is 0 Å². The Labute approximate surface area is 124 Å². The van der Waals surface area contributed by atoms with Gasteiger partial charge in [0.2, 0.25) is 8.32 Å². The van der Waals surface area contributed by atoms with Gasteiger partial charge in [-0.3, -0.25) is 4.79 Å². The van der Waals surface area contributed by atoms with Crippen LogP contribution >= 0.6 is 0 Å². The average molecular weight is 292 g/mol. The van der Waals surface area contributed by atoms with Gasteiger partial charge in [-0.05, 0) is 49.9 Å². The van der Waals surface area contributed by atoms with Gasteiger partial charge in [0.05, 0.1) is 0 Å². The van der Waals surface area contributed by atoms with E-state index in [4.69, 9.17) is 4.43 Å². The normalized spacial score (nSPS) is 27.6. The minimum Gasteiger partial charge on any atom is -0.543 e. The quantitative estimate of drug-likeness (QED) is 0.681. The summed E-state index contributed by atoms with van der Waals surface area (Å²) >= 11 is 0. The Balaban J connectivity index is 2.26. The van der Waals surface area contributed by atoms with E-state index >= 15 is 0 Å². The molecule has 2 atom stereocenters. The van der Waals surface area contributed by atoms with Crippen molar-refractivity contribution >= 4 is 14.1 Å². The average Bonchev–Trinajstić information content (AvgIpc) is 2.71. The number of fused-ring (bicyclic) bond motifs is 1. The predicted molar refractivity (Wildman–Crippen MR) is 86.0 cm³/mol. The number of carbonyl (C=O) groups excluding carboxylic acids is 1. The van der Waals surface area contributed by atoms with Gasteiger partial charge in [-0.15, -0.1) is 0 Å². The van der Waals surface area contributed by atoms with Crippen LogP contribution in [0.3, 0.4) is 0 Å². The van der Waals surface area contributed by atoms with Gasteiger partial charge in [0.1, 0.15) is 5.76 Å². The molecule has 0 N–H and O–H groups in total. The van der Waals surface area contributed by atoms with Crippen molar-refractivity contribution in [3.8, 4) is 0 Å². The number of ketones is 1. The fraction of sp³-hybridized carbons (Fsp3) is 0.706. The summed E-state index contributed by atoms with van der Waals surface area (Å²) in [4.78, 5) is 12.4. The highest BCUT2D eigenvalue weighted by Crippen LogP contribution is 2.42. The molecule has 2 aliphatic carbocycles. The Hall–Kier alpha value is -0.833. The SMILES string of the molecule is CC1=CC(O[Si](C)(C)C(C)(C)C)=CC(=O)[C@@H]2CCC[C@H]12. The van der Waals surface area contributed by atoms with E-state index in [1.165, 1.54) is 12.0 Å². The zero-order valence-corrected chi connectivity index (χ0v) is 14.7. The van der Waals surface area contributed by atoms with Crippen LogP contribution in [0.1, 0.15) is 47.0 Å². The number of hydrogen-bond acceptors (Lipinski definition) is 2. The molecule has 0 bridgehead atoms. The Kier molecular flexibility index (Phi) is 4.02. The Morgan fingerprint density at radius 2 is 1.75 bits per heavy atom. The molecule has 2 nitrogen and oxygen atoms in total. The van der Waals surface area contributed by atoms with Crippen LogP contribution in [0.15, 0.2) is 23.5 Å². The van der Waals surface area contributed by atoms with Gasteiger partial charge in [0, 0.05) is 12.0 Å². The molecule has 0 spiro atoms. The lowest BCUT2D eigenvalue weighted by Crippen LogP contribution is -2.40. The summed E-state index contributed by atoms with van der Waals surface area (Å²) in [5.74, 6) is 1.72. The van der Waals surface area contributed by atoms with Crippen molar-refractivity contribution < 1.29 is 9.22 Å². The molecule has 1 fully saturated rings. The predicted octanol–water partition coefficient (Wildman–Crippen LogP) is 4.84. The van der Waals surface area contributed by atoms with E-state index in [1.54, 1.807) is 6.08 Å². The van der Waals surface area contributed by atoms with Crippen LogP contribution in [0.25, 0.3) is 0 Å². The molecule has 0 aromatic rings. The van der Waals surface area contributed by atoms with E-state index in [0.29, 0.717) is 5.92 Å². The Morgan fingerprint density at radius 3 is 2.35 bits per heavy atom. The van der Waals surface area contributed by atoms with Crippen LogP contribution in [0.4, 0.5) is 0 Å². The summed E-state index contributed by atoms with van der Waals surface area (Å²) in [5.41, 5.74) is 1.32. The molecule has 0 radical (unpaired) electrons. The second kappa shape index (κ2) is 5.17. The Bertz CT molecular complexity index is 462. The molecule has 1 saturated carbocycles. The van der Waals surface area contributed by atoms with E-state index < -0.39 is 8.32 Å². The van der Waals surface area contributed by atoms with Gasteiger partial charge >= 0.3 is 0 Å². The molecule has 2 aliphatic rings. The minimum absolute atomic E-state index is 0.154. The van der Waals surface area contributed by atoms with Crippen molar-refractivity contribution in [2.24, 2.45) is 11.8 Å². The summed E-state index contributed by atoms with van der Waals surface area (Å²) in [5, 5.41) is 0.154. The van der Waals surface area contributed by atoms with Gasteiger partial charge < -0.3 is 4.43 Å². The van der Waals surface area contributed by atoms with Crippen molar-refractivity contribution in [3.05, 3.63) is 23.5 Å². The van der Waals surface area contributed by atoms with Crippen molar-refractivity contribution in [2.75, 3.05) is 0 Å². The van der Waals surface area contributed by atoms with Gasteiger partial charge in [-0.2, -0.15) is 0 Å². The summed E-state index contributed by atoms with van der Waals surface area (Å²) in [6.45, 7) is 13.3. The zero-order valence-electron chi connectivity index (χ0n) is 13.7. The molecule has 0 saturated heterocycles. The number of carbonyl (C=O) groups is 1. The maximum atomic E-state index is 12.4. The van der Waals surface area contributed by atoms with Crippen LogP contribution in [-0.4, -0.2) is 14.1 Å². The van der Waals surface area contributed by atoms with Crippen molar-refractivity contribution in [3.63, 3.8) is 0 Å². The van der Waals surface area contributed by atoms with Gasteiger partial charge in [0.25, 0.3) is 0 Å². The Morgan fingerprint density at radius 1 is 1.15 bits per heavy atom. The third-order valence-electron chi connectivity index (χ3n) is 5.30. The number of hydrogen-bond donors (Lipinski definition) is 0. The standard InChI is InChI=1S/C17H28O2Si/c1-12-10-13(19-20(5,6)17(2,3)4)11-16(18)15-9-7-8-14(12)15/h10-11,14-15H,7-9H2,1-6H3/t14-,15-/m1/s1. The first kappa shape index (κ1) is 15.6. The van der Waals surface area contributed by atoms with Crippen LogP contribution in [0, 0.1) is 11.8 Å². The number of rotatable bonds is 2. The third kappa shape index (κ3) is 2.92. The third-order valence-corrected chi connectivity index (χ3v) is 9.66. The lowest BCUT2D eigenvalue weighted by molar-refractivity contribution is -0.118. The molecule has 112 valence electrons. The molecule has 2 rings (SSSR count). The monoisotopic (exact) mass is 292 g/mol. The topological polar surface area (TPSA) is 26.3 Å². The lowest BCUT2D eigenvalue weighted by Gasteiger charge is -2.36. The molecular formula is C17H28O2Si. The maximum absolute atomic E-state index is 12.4. The first-order valence-corrected chi connectivity index (χ1v) is 10.7. The summed E-state index contributed by atoms with van der Waals surface area (Å²) < 4.78 is 6.33. The van der Waals surface area contributed by atoms with E-state index in [1.807, 2.05) is 0 Å². The van der Waals surface area contributed by atoms with E-state index in [0.717, 1.165) is 18.6 Å².